The van der Waals surface area contributed by atoms with Gasteiger partial charge in [-0.1, -0.05) is 0 Å². The fourth-order valence-electron chi connectivity index (χ4n) is 1.94. The van der Waals surface area contributed by atoms with Gasteiger partial charge >= 0.3 is 6.18 Å². The molecule has 4 nitrogen and oxygen atoms in total. The van der Waals surface area contributed by atoms with Crippen molar-refractivity contribution in [3.05, 3.63) is 16.3 Å². The van der Waals surface area contributed by atoms with Crippen LogP contribution in [0.3, 0.4) is 0 Å². The molecule has 0 aliphatic rings. The van der Waals surface area contributed by atoms with Crippen LogP contribution in [0, 0.1) is 13.8 Å². The number of anilines is 1. The first-order valence-corrected chi connectivity index (χ1v) is 7.22. The van der Waals surface area contributed by atoms with Crippen LogP contribution >= 0.6 is 11.3 Å². The quantitative estimate of drug-likeness (QED) is 0.857. The third-order valence-corrected chi connectivity index (χ3v) is 4.15. The number of fused-ring (bicyclic) bond motifs is 1. The van der Waals surface area contributed by atoms with Crippen molar-refractivity contribution in [2.24, 2.45) is 0 Å². The molecule has 116 valence electrons. The van der Waals surface area contributed by atoms with Crippen molar-refractivity contribution in [3.8, 4) is 0 Å². The summed E-state index contributed by atoms with van der Waals surface area (Å²) in [7, 11) is 1.76. The van der Waals surface area contributed by atoms with E-state index in [2.05, 4.69) is 20.0 Å². The monoisotopic (exact) mass is 319 g/mol. The van der Waals surface area contributed by atoms with E-state index in [0.29, 0.717) is 11.6 Å². The molecule has 0 aliphatic heterocycles. The minimum Gasteiger partial charge on any atom is -0.372 e. The van der Waals surface area contributed by atoms with Crippen molar-refractivity contribution in [1.29, 1.82) is 0 Å². The Morgan fingerprint density at radius 1 is 1.24 bits per heavy atom. The van der Waals surface area contributed by atoms with Gasteiger partial charge in [0.2, 0.25) is 0 Å². The van der Waals surface area contributed by atoms with Crippen molar-refractivity contribution in [1.82, 2.24) is 9.97 Å². The van der Waals surface area contributed by atoms with Gasteiger partial charge in [0.15, 0.2) is 0 Å². The summed E-state index contributed by atoms with van der Waals surface area (Å²) < 4.78 is 40.6. The van der Waals surface area contributed by atoms with Crippen molar-refractivity contribution in [2.45, 2.75) is 26.4 Å². The molecule has 0 saturated carbocycles. The minimum atomic E-state index is -4.30. The summed E-state index contributed by atoms with van der Waals surface area (Å²) in [5, 5.41) is 3.99. The van der Waals surface area contributed by atoms with E-state index in [0.717, 1.165) is 20.7 Å². The Morgan fingerprint density at radius 2 is 1.95 bits per heavy atom. The molecule has 2 aromatic heterocycles. The van der Waals surface area contributed by atoms with E-state index in [9.17, 15) is 13.2 Å². The second kappa shape index (κ2) is 6.15. The predicted octanol–water partition coefficient (Wildman–Crippen LogP) is 3.47. The van der Waals surface area contributed by atoms with Crippen LogP contribution in [0.4, 0.5) is 19.0 Å². The maximum absolute atomic E-state index is 12.0. The molecule has 0 spiro atoms. The van der Waals surface area contributed by atoms with Gasteiger partial charge < -0.3 is 10.1 Å². The van der Waals surface area contributed by atoms with Crippen molar-refractivity contribution < 1.29 is 17.9 Å². The Balaban J connectivity index is 2.14. The number of hydrogen-bond acceptors (Lipinski definition) is 5. The van der Waals surface area contributed by atoms with Gasteiger partial charge in [-0.15, -0.1) is 11.3 Å². The normalized spacial score (nSPS) is 12.1. The van der Waals surface area contributed by atoms with Crippen LogP contribution < -0.4 is 5.32 Å². The van der Waals surface area contributed by atoms with E-state index < -0.39 is 12.8 Å². The van der Waals surface area contributed by atoms with Crippen LogP contribution in [0.1, 0.15) is 16.3 Å². The van der Waals surface area contributed by atoms with Crippen LogP contribution in [0.5, 0.6) is 0 Å². The van der Waals surface area contributed by atoms with Gasteiger partial charge in [-0.05, 0) is 19.4 Å². The Labute approximate surface area is 124 Å². The molecular weight excluding hydrogens is 303 g/mol. The molecule has 2 aromatic rings. The topological polar surface area (TPSA) is 47.0 Å². The molecule has 8 heteroatoms. The maximum atomic E-state index is 12.0. The molecule has 0 aliphatic carbocycles. The number of thiophene rings is 1. The summed E-state index contributed by atoms with van der Waals surface area (Å²) in [6.07, 6.45) is -4.06. The largest absolute Gasteiger partial charge is 0.411 e. The highest BCUT2D eigenvalue weighted by molar-refractivity contribution is 7.18. The Morgan fingerprint density at radius 3 is 2.57 bits per heavy atom. The molecule has 0 amide bonds. The van der Waals surface area contributed by atoms with Gasteiger partial charge in [0, 0.05) is 18.3 Å². The lowest BCUT2D eigenvalue weighted by molar-refractivity contribution is -0.173. The van der Waals surface area contributed by atoms with Gasteiger partial charge in [-0.2, -0.15) is 13.2 Å². The van der Waals surface area contributed by atoms with E-state index >= 15 is 0 Å². The number of ether oxygens (including phenoxy) is 1. The Kier molecular flexibility index (Phi) is 4.67. The molecule has 0 saturated heterocycles. The maximum Gasteiger partial charge on any atom is 0.411 e. The zero-order chi connectivity index (χ0) is 15.6. The third-order valence-electron chi connectivity index (χ3n) is 3.05. The molecule has 2 rings (SSSR count). The van der Waals surface area contributed by atoms with E-state index in [4.69, 9.17) is 0 Å². The van der Waals surface area contributed by atoms with Crippen molar-refractivity contribution in [3.63, 3.8) is 0 Å². The summed E-state index contributed by atoms with van der Waals surface area (Å²) >= 11 is 1.55. The van der Waals surface area contributed by atoms with E-state index in [1.165, 1.54) is 0 Å². The molecule has 0 aromatic carbocycles. The summed E-state index contributed by atoms with van der Waals surface area (Å²) in [6.45, 7) is 2.71. The van der Waals surface area contributed by atoms with Crippen LogP contribution in [-0.4, -0.2) is 36.4 Å². The van der Waals surface area contributed by atoms with Crippen molar-refractivity contribution in [2.75, 3.05) is 25.6 Å². The fraction of sp³-hybridized carbons (Fsp3) is 0.538. The van der Waals surface area contributed by atoms with Gasteiger partial charge in [-0.25, -0.2) is 9.97 Å². The van der Waals surface area contributed by atoms with Crippen LogP contribution in [0.2, 0.25) is 0 Å². The first kappa shape index (κ1) is 16.0. The second-order valence-electron chi connectivity index (χ2n) is 4.62. The first-order chi connectivity index (χ1) is 9.81. The van der Waals surface area contributed by atoms with E-state index in [-0.39, 0.29) is 13.0 Å². The number of alkyl halides is 3. The molecule has 1 N–H and O–H groups in total. The first-order valence-electron chi connectivity index (χ1n) is 6.40. The fourth-order valence-corrected chi connectivity index (χ4v) is 2.99. The summed E-state index contributed by atoms with van der Waals surface area (Å²) in [4.78, 5) is 10.8. The van der Waals surface area contributed by atoms with Crippen LogP contribution in [0.15, 0.2) is 0 Å². The number of hydrogen-bond donors (Lipinski definition) is 1. The number of aryl methyl sites for hydroxylation is 2. The number of halogens is 3. The minimum absolute atomic E-state index is 0.0580. The van der Waals surface area contributed by atoms with Crippen molar-refractivity contribution >= 4 is 27.4 Å². The van der Waals surface area contributed by atoms with Crippen LogP contribution in [-0.2, 0) is 11.2 Å². The zero-order valence-electron chi connectivity index (χ0n) is 12.0. The molecule has 0 fully saturated rings. The Bertz CT molecular complexity index is 640. The van der Waals surface area contributed by atoms with Gasteiger partial charge in [-0.3, -0.25) is 0 Å². The van der Waals surface area contributed by atoms with Gasteiger partial charge in [0.25, 0.3) is 0 Å². The summed E-state index contributed by atoms with van der Waals surface area (Å²) in [5.41, 5.74) is 1.12. The van der Waals surface area contributed by atoms with Crippen LogP contribution in [0.25, 0.3) is 10.2 Å². The molecule has 2 heterocycles. The van der Waals surface area contributed by atoms with Gasteiger partial charge in [0.1, 0.15) is 23.1 Å². The third kappa shape index (κ3) is 3.82. The highest BCUT2D eigenvalue weighted by atomic mass is 32.1. The highest BCUT2D eigenvalue weighted by Gasteiger charge is 2.27. The Hall–Kier alpha value is -1.41. The smallest absolute Gasteiger partial charge is 0.372 e. The molecule has 21 heavy (non-hydrogen) atoms. The molecule has 0 radical (unpaired) electrons. The molecule has 0 bridgehead atoms. The second-order valence-corrected chi connectivity index (χ2v) is 5.82. The average Bonchev–Trinajstić information content (AvgIpc) is 2.68. The SMILES string of the molecule is CNc1nc(CCOCC(F)(F)F)nc2sc(C)c(C)c12. The predicted molar refractivity (Wildman–Crippen MR) is 77.0 cm³/mol. The lowest BCUT2D eigenvalue weighted by Gasteiger charge is -2.08. The highest BCUT2D eigenvalue weighted by Crippen LogP contribution is 2.33. The van der Waals surface area contributed by atoms with E-state index in [1.807, 2.05) is 13.8 Å². The number of nitrogens with zero attached hydrogens (tertiary/aromatic N) is 2. The molecule has 0 atom stereocenters. The number of nitrogens with one attached hydrogen (secondary N) is 1. The van der Waals surface area contributed by atoms with Gasteiger partial charge in [0.05, 0.1) is 12.0 Å². The zero-order valence-corrected chi connectivity index (χ0v) is 12.8. The lowest BCUT2D eigenvalue weighted by Crippen LogP contribution is -2.18. The summed E-state index contributed by atoms with van der Waals surface area (Å²) in [5.74, 6) is 1.18. The molecule has 0 unspecified atom stereocenters. The molecular formula is C13H16F3N3OS. The average molecular weight is 319 g/mol. The number of aromatic nitrogens is 2. The number of rotatable bonds is 5. The standard InChI is InChI=1S/C13H16F3N3OS/c1-7-8(2)21-12-10(7)11(17-3)18-9(19-12)4-5-20-6-13(14,15)16/h4-6H2,1-3H3,(H,17,18,19). The lowest BCUT2D eigenvalue weighted by atomic mass is 10.2. The summed E-state index contributed by atoms with van der Waals surface area (Å²) in [6, 6.07) is 0. The van der Waals surface area contributed by atoms with E-state index in [1.54, 1.807) is 18.4 Å².